The molecule has 8 nitrogen and oxygen atoms in total. The van der Waals surface area contributed by atoms with Crippen molar-refractivity contribution in [2.24, 2.45) is 11.8 Å². The maximum absolute atomic E-state index is 13.5. The Morgan fingerprint density at radius 1 is 1.39 bits per heavy atom. The fourth-order valence-electron chi connectivity index (χ4n) is 5.21. The number of H-pyrrole nitrogens is 1. The van der Waals surface area contributed by atoms with Gasteiger partial charge in [-0.1, -0.05) is 12.2 Å². The molecule has 4 aliphatic heterocycles. The van der Waals surface area contributed by atoms with Crippen LogP contribution in [0.1, 0.15) is 30.9 Å². The number of nitrogens with one attached hydrogen (secondary N) is 1. The molecule has 0 saturated carbocycles. The van der Waals surface area contributed by atoms with Gasteiger partial charge < -0.3 is 19.5 Å². The summed E-state index contributed by atoms with van der Waals surface area (Å²) in [4.78, 5) is 49.4. The predicted molar refractivity (Wildman–Crippen MR) is 99.3 cm³/mol. The molecule has 2 bridgehead atoms. The van der Waals surface area contributed by atoms with Crippen LogP contribution in [-0.4, -0.2) is 62.4 Å². The number of aromatic nitrogens is 2. The third-order valence-electron chi connectivity index (χ3n) is 6.54. The number of likely N-dealkylation sites (tertiary alicyclic amines) is 1. The molecule has 0 aromatic carbocycles. The van der Waals surface area contributed by atoms with Gasteiger partial charge in [-0.3, -0.25) is 14.4 Å². The van der Waals surface area contributed by atoms with Gasteiger partial charge in [0, 0.05) is 18.2 Å². The van der Waals surface area contributed by atoms with Crippen molar-refractivity contribution in [2.75, 3.05) is 13.1 Å². The Bertz CT molecular complexity index is 967. The molecule has 2 fully saturated rings. The van der Waals surface area contributed by atoms with Crippen molar-refractivity contribution < 1.29 is 14.3 Å². The lowest BCUT2D eigenvalue weighted by Crippen LogP contribution is -2.48. The van der Waals surface area contributed by atoms with Crippen LogP contribution in [-0.2, 0) is 27.3 Å². The maximum atomic E-state index is 13.5. The molecular weight excluding hydrogens is 360 g/mol. The number of hydrogen-bond donors (Lipinski definition) is 1. The van der Waals surface area contributed by atoms with Crippen molar-refractivity contribution in [3.8, 4) is 0 Å². The monoisotopic (exact) mass is 384 g/mol. The number of ether oxygens (including phenoxy) is 1. The van der Waals surface area contributed by atoms with Gasteiger partial charge in [-0.2, -0.15) is 0 Å². The zero-order chi connectivity index (χ0) is 19.8. The molecule has 0 unspecified atom stereocenters. The number of hydrogen-bond acceptors (Lipinski definition) is 5. The second-order valence-electron chi connectivity index (χ2n) is 8.55. The summed E-state index contributed by atoms with van der Waals surface area (Å²) < 4.78 is 6.18. The summed E-state index contributed by atoms with van der Waals surface area (Å²) in [5.41, 5.74) is 0.500. The lowest BCUT2D eigenvalue weighted by molar-refractivity contribution is -0.144. The minimum Gasteiger partial charge on any atom is -0.360 e. The van der Waals surface area contributed by atoms with Crippen LogP contribution in [0.4, 0.5) is 0 Å². The van der Waals surface area contributed by atoms with Gasteiger partial charge in [0.05, 0.1) is 36.7 Å². The summed E-state index contributed by atoms with van der Waals surface area (Å²) >= 11 is 0. The van der Waals surface area contributed by atoms with Crippen LogP contribution in [0.2, 0.25) is 0 Å². The van der Waals surface area contributed by atoms with Gasteiger partial charge >= 0.3 is 0 Å². The summed E-state index contributed by atoms with van der Waals surface area (Å²) in [5, 5.41) is 0. The normalized spacial score (nSPS) is 33.0. The number of aromatic amines is 1. The third-order valence-corrected chi connectivity index (χ3v) is 6.54. The number of carbonyl (C=O) groups is 2. The first-order chi connectivity index (χ1) is 13.3. The Morgan fingerprint density at radius 3 is 2.93 bits per heavy atom. The van der Waals surface area contributed by atoms with E-state index in [0.29, 0.717) is 43.1 Å². The molecule has 1 spiro atoms. The molecule has 2 amide bonds. The summed E-state index contributed by atoms with van der Waals surface area (Å²) in [6.45, 7) is 6.95. The molecular formula is C20H24N4O4. The highest BCUT2D eigenvalue weighted by Crippen LogP contribution is 2.52. The van der Waals surface area contributed by atoms with E-state index in [1.165, 1.54) is 0 Å². The van der Waals surface area contributed by atoms with E-state index in [2.05, 4.69) is 9.97 Å². The van der Waals surface area contributed by atoms with Crippen molar-refractivity contribution >= 4 is 11.8 Å². The average molecular weight is 384 g/mol. The molecule has 148 valence electrons. The summed E-state index contributed by atoms with van der Waals surface area (Å²) in [6, 6.07) is 0.0695. The van der Waals surface area contributed by atoms with Crippen LogP contribution in [0.5, 0.6) is 0 Å². The molecule has 4 aliphatic rings. The zero-order valence-electron chi connectivity index (χ0n) is 16.3. The van der Waals surface area contributed by atoms with Crippen LogP contribution in [0.3, 0.4) is 0 Å². The SMILES string of the molecule is Cc1nc2c(c(=O)[nH]1)CCN(C(=O)[C@H]1[C@H]3C(=O)N(C(C)C)C[C@]34C=C[C@H]1O4)C2. The minimum absolute atomic E-state index is 0.00280. The van der Waals surface area contributed by atoms with Gasteiger partial charge in [-0.25, -0.2) is 4.98 Å². The molecule has 4 atom stereocenters. The van der Waals surface area contributed by atoms with Crippen LogP contribution in [0.25, 0.3) is 0 Å². The molecule has 2 saturated heterocycles. The Labute approximate surface area is 162 Å². The van der Waals surface area contributed by atoms with Gasteiger partial charge in [0.1, 0.15) is 11.4 Å². The third kappa shape index (κ3) is 2.27. The highest BCUT2D eigenvalue weighted by atomic mass is 16.5. The van der Waals surface area contributed by atoms with E-state index in [0.717, 1.165) is 0 Å². The quantitative estimate of drug-likeness (QED) is 0.733. The zero-order valence-corrected chi connectivity index (χ0v) is 16.3. The van der Waals surface area contributed by atoms with E-state index in [1.807, 2.05) is 30.9 Å². The van der Waals surface area contributed by atoms with E-state index < -0.39 is 17.4 Å². The van der Waals surface area contributed by atoms with Crippen molar-refractivity contribution in [1.82, 2.24) is 19.8 Å². The summed E-state index contributed by atoms with van der Waals surface area (Å²) in [6.07, 6.45) is 4.02. The predicted octanol–water partition coefficient (Wildman–Crippen LogP) is 0.153. The highest BCUT2D eigenvalue weighted by Gasteiger charge is 2.67. The van der Waals surface area contributed by atoms with Gasteiger partial charge in [-0.15, -0.1) is 0 Å². The van der Waals surface area contributed by atoms with Gasteiger partial charge in [0.25, 0.3) is 5.56 Å². The lowest BCUT2D eigenvalue weighted by atomic mass is 9.76. The maximum Gasteiger partial charge on any atom is 0.254 e. The summed E-state index contributed by atoms with van der Waals surface area (Å²) in [5.74, 6) is -0.506. The van der Waals surface area contributed by atoms with Crippen molar-refractivity contribution in [3.63, 3.8) is 0 Å². The van der Waals surface area contributed by atoms with Crippen LogP contribution in [0.15, 0.2) is 16.9 Å². The smallest absolute Gasteiger partial charge is 0.254 e. The fraction of sp³-hybridized carbons (Fsp3) is 0.600. The van der Waals surface area contributed by atoms with Crippen molar-refractivity contribution in [2.45, 2.75) is 51.5 Å². The number of nitrogens with zero attached hydrogens (tertiary/aromatic N) is 3. The largest absolute Gasteiger partial charge is 0.360 e. The van der Waals surface area contributed by atoms with Crippen molar-refractivity contribution in [3.05, 3.63) is 39.6 Å². The van der Waals surface area contributed by atoms with E-state index in [4.69, 9.17) is 4.74 Å². The van der Waals surface area contributed by atoms with E-state index in [-0.39, 0.29) is 29.5 Å². The Hall–Kier alpha value is -2.48. The molecule has 0 radical (unpaired) electrons. The van der Waals surface area contributed by atoms with Gasteiger partial charge in [-0.05, 0) is 27.2 Å². The molecule has 1 N–H and O–H groups in total. The Kier molecular flexibility index (Phi) is 3.62. The highest BCUT2D eigenvalue weighted by molar-refractivity contribution is 5.93. The topological polar surface area (TPSA) is 95.6 Å². The molecule has 5 heterocycles. The first kappa shape index (κ1) is 17.6. The molecule has 1 aromatic rings. The van der Waals surface area contributed by atoms with Crippen LogP contribution < -0.4 is 5.56 Å². The molecule has 28 heavy (non-hydrogen) atoms. The molecule has 1 aromatic heterocycles. The summed E-state index contributed by atoms with van der Waals surface area (Å²) in [7, 11) is 0. The Morgan fingerprint density at radius 2 is 2.18 bits per heavy atom. The number of carbonyl (C=O) groups excluding carboxylic acids is 2. The molecule has 0 aliphatic carbocycles. The van der Waals surface area contributed by atoms with Gasteiger partial charge in [0.2, 0.25) is 11.8 Å². The number of amides is 2. The van der Waals surface area contributed by atoms with E-state index in [9.17, 15) is 14.4 Å². The first-order valence-corrected chi connectivity index (χ1v) is 9.86. The van der Waals surface area contributed by atoms with E-state index in [1.54, 1.807) is 11.8 Å². The number of rotatable bonds is 2. The second-order valence-corrected chi connectivity index (χ2v) is 8.55. The lowest BCUT2D eigenvalue weighted by Gasteiger charge is -2.33. The first-order valence-electron chi connectivity index (χ1n) is 9.86. The Balaban J connectivity index is 1.44. The average Bonchev–Trinajstić information content (AvgIpc) is 3.28. The van der Waals surface area contributed by atoms with Crippen LogP contribution in [0, 0.1) is 18.8 Å². The van der Waals surface area contributed by atoms with E-state index >= 15 is 0 Å². The minimum atomic E-state index is -0.675. The number of fused-ring (bicyclic) bond motifs is 2. The molecule has 5 rings (SSSR count). The standard InChI is InChI=1S/C20H24N4O4/c1-10(2)24-9-20-6-4-14(28-20)15(16(20)19(24)27)18(26)23-7-5-12-13(8-23)21-11(3)22-17(12)25/h4,6,10,14-16H,5,7-9H2,1-3H3,(H,21,22,25)/t14-,15-,16+,20-/m1/s1. The second kappa shape index (κ2) is 5.76. The fourth-order valence-corrected chi connectivity index (χ4v) is 5.21. The number of aryl methyl sites for hydroxylation is 1. The van der Waals surface area contributed by atoms with Crippen molar-refractivity contribution in [1.29, 1.82) is 0 Å². The molecule has 8 heteroatoms. The van der Waals surface area contributed by atoms with Gasteiger partial charge in [0.15, 0.2) is 0 Å². The van der Waals surface area contributed by atoms with Crippen LogP contribution >= 0.6 is 0 Å².